The summed E-state index contributed by atoms with van der Waals surface area (Å²) in [4.78, 5) is 18.4. The number of carbonyl (C=O) groups excluding carboxylic acids is 1. The molecular formula is C31H42N2O. The van der Waals surface area contributed by atoms with E-state index in [4.69, 9.17) is 0 Å². The van der Waals surface area contributed by atoms with E-state index in [0.717, 1.165) is 23.7 Å². The van der Waals surface area contributed by atoms with Gasteiger partial charge in [-0.05, 0) is 121 Å². The summed E-state index contributed by atoms with van der Waals surface area (Å²) in [5, 5.41) is 2.60. The van der Waals surface area contributed by atoms with Crippen LogP contribution in [0.5, 0.6) is 0 Å². The number of amides is 1. The van der Waals surface area contributed by atoms with Gasteiger partial charge in [0.25, 0.3) is 0 Å². The number of hydrogen-bond acceptors (Lipinski definition) is 2. The molecule has 0 aliphatic heterocycles. The fraction of sp³-hybridized carbons (Fsp3) is 0.677. The zero-order chi connectivity index (χ0) is 23.7. The van der Waals surface area contributed by atoms with Crippen LogP contribution in [0.2, 0.25) is 0 Å². The summed E-state index contributed by atoms with van der Waals surface area (Å²) in [5.41, 5.74) is 2.47. The van der Waals surface area contributed by atoms with E-state index < -0.39 is 0 Å². The summed E-state index contributed by atoms with van der Waals surface area (Å²) in [6.45, 7) is 7.02. The highest BCUT2D eigenvalue weighted by molar-refractivity contribution is 5.82. The molecule has 3 heteroatoms. The van der Waals surface area contributed by atoms with Gasteiger partial charge in [-0.3, -0.25) is 9.78 Å². The number of fused-ring (bicyclic) bond motifs is 6. The van der Waals surface area contributed by atoms with Crippen molar-refractivity contribution in [3.63, 3.8) is 0 Å². The average Bonchev–Trinajstić information content (AvgIpc) is 3.20. The zero-order valence-corrected chi connectivity index (χ0v) is 21.6. The van der Waals surface area contributed by atoms with Crippen molar-refractivity contribution in [2.24, 2.45) is 34.5 Å². The number of aromatic nitrogens is 1. The van der Waals surface area contributed by atoms with Crippen LogP contribution in [0.3, 0.4) is 0 Å². The van der Waals surface area contributed by atoms with Gasteiger partial charge in [0.15, 0.2) is 0 Å². The van der Waals surface area contributed by atoms with Gasteiger partial charge >= 0.3 is 0 Å². The lowest BCUT2D eigenvalue weighted by atomic mass is 9.44. The molecule has 0 spiro atoms. The molecule has 0 bridgehead atoms. The van der Waals surface area contributed by atoms with Crippen molar-refractivity contribution in [3.8, 4) is 0 Å². The average molecular weight is 459 g/mol. The minimum atomic E-state index is 0.234. The van der Waals surface area contributed by atoms with Crippen LogP contribution >= 0.6 is 0 Å². The summed E-state index contributed by atoms with van der Waals surface area (Å²) >= 11 is 0. The molecule has 4 aliphatic carbocycles. The van der Waals surface area contributed by atoms with Crippen molar-refractivity contribution >= 4 is 16.7 Å². The van der Waals surface area contributed by atoms with Gasteiger partial charge in [-0.1, -0.05) is 26.0 Å². The third-order valence-corrected chi connectivity index (χ3v) is 11.7. The Bertz CT molecular complexity index is 1100. The Balaban J connectivity index is 1.24. The SMILES string of the molecule is CC(=O)N(C)[C@H]1CC[C@@]2(C)[C@@H](CC[C@@H]3[C@@H]2CC[C@]2(C)[C@@H](c4ccc5ccncc5c4)CC[C@@H]32)C1. The van der Waals surface area contributed by atoms with Gasteiger partial charge in [0.2, 0.25) is 5.91 Å². The Morgan fingerprint density at radius 2 is 1.74 bits per heavy atom. The molecule has 4 aliphatic rings. The molecule has 182 valence electrons. The lowest BCUT2D eigenvalue weighted by Gasteiger charge is -2.61. The van der Waals surface area contributed by atoms with Crippen molar-refractivity contribution in [2.75, 3.05) is 7.05 Å². The van der Waals surface area contributed by atoms with Gasteiger partial charge in [-0.2, -0.15) is 0 Å². The summed E-state index contributed by atoms with van der Waals surface area (Å²) in [6.07, 6.45) is 16.0. The predicted molar refractivity (Wildman–Crippen MR) is 138 cm³/mol. The highest BCUT2D eigenvalue weighted by Crippen LogP contribution is 2.69. The highest BCUT2D eigenvalue weighted by atomic mass is 16.2. The maximum Gasteiger partial charge on any atom is 0.219 e. The molecular weight excluding hydrogens is 416 g/mol. The summed E-state index contributed by atoms with van der Waals surface area (Å²) in [6, 6.07) is 9.76. The first-order valence-electron chi connectivity index (χ1n) is 13.9. The second-order valence-electron chi connectivity index (χ2n) is 12.9. The van der Waals surface area contributed by atoms with E-state index in [9.17, 15) is 4.79 Å². The molecule has 0 saturated heterocycles. The summed E-state index contributed by atoms with van der Waals surface area (Å²) in [7, 11) is 2.02. The lowest BCUT2D eigenvalue weighted by Crippen LogP contribution is -2.55. The topological polar surface area (TPSA) is 33.2 Å². The molecule has 2 aromatic rings. The third-order valence-electron chi connectivity index (χ3n) is 11.7. The molecule has 4 saturated carbocycles. The molecule has 1 aromatic heterocycles. The number of benzene rings is 1. The Kier molecular flexibility index (Phi) is 5.35. The number of hydrogen-bond donors (Lipinski definition) is 0. The van der Waals surface area contributed by atoms with E-state index in [-0.39, 0.29) is 5.91 Å². The Morgan fingerprint density at radius 1 is 0.941 bits per heavy atom. The van der Waals surface area contributed by atoms with E-state index in [1.165, 1.54) is 68.6 Å². The number of pyridine rings is 1. The second-order valence-corrected chi connectivity index (χ2v) is 12.9. The number of carbonyl (C=O) groups is 1. The Labute approximate surface area is 205 Å². The van der Waals surface area contributed by atoms with Crippen LogP contribution in [0.25, 0.3) is 10.8 Å². The fourth-order valence-corrected chi connectivity index (χ4v) is 9.71. The van der Waals surface area contributed by atoms with Crippen LogP contribution in [0.1, 0.15) is 90.0 Å². The standard InChI is InChI=1S/C31H42N2O/c1-20(34)33(4)25-11-14-30(2)24(18-25)7-8-26-28-10-9-27(31(28,3)15-12-29(26)30)22-6-5-21-13-16-32-19-23(21)17-22/h5-6,13,16-17,19,24-29H,7-12,14-15,18H2,1-4H3/t24-,25-,26-,27+,28-,29-,30-,31+/m0/s1. The zero-order valence-electron chi connectivity index (χ0n) is 21.6. The monoisotopic (exact) mass is 458 g/mol. The molecule has 1 amide bonds. The maximum atomic E-state index is 12.0. The van der Waals surface area contributed by atoms with Gasteiger partial charge in [0, 0.05) is 37.8 Å². The normalized spacial score (nSPS) is 41.4. The number of rotatable bonds is 2. The molecule has 8 atom stereocenters. The van der Waals surface area contributed by atoms with Crippen molar-refractivity contribution < 1.29 is 4.79 Å². The summed E-state index contributed by atoms with van der Waals surface area (Å²) in [5.74, 6) is 4.37. The Hall–Kier alpha value is -1.90. The molecule has 3 nitrogen and oxygen atoms in total. The van der Waals surface area contributed by atoms with Gasteiger partial charge in [0.1, 0.15) is 0 Å². The molecule has 0 unspecified atom stereocenters. The molecule has 4 fully saturated rings. The summed E-state index contributed by atoms with van der Waals surface area (Å²) < 4.78 is 0. The highest BCUT2D eigenvalue weighted by Gasteiger charge is 2.60. The van der Waals surface area contributed by atoms with Gasteiger partial charge in [0.05, 0.1) is 0 Å². The first-order chi connectivity index (χ1) is 16.3. The van der Waals surface area contributed by atoms with E-state index in [0.29, 0.717) is 22.8 Å². The van der Waals surface area contributed by atoms with Crippen molar-refractivity contribution in [2.45, 2.75) is 90.5 Å². The van der Waals surface area contributed by atoms with Crippen molar-refractivity contribution in [1.82, 2.24) is 9.88 Å². The number of nitrogens with zero attached hydrogens (tertiary/aromatic N) is 2. The van der Waals surface area contributed by atoms with Gasteiger partial charge < -0.3 is 4.90 Å². The minimum absolute atomic E-state index is 0.234. The van der Waals surface area contributed by atoms with E-state index in [2.05, 4.69) is 43.1 Å². The molecule has 0 radical (unpaired) electrons. The minimum Gasteiger partial charge on any atom is -0.343 e. The van der Waals surface area contributed by atoms with Crippen LogP contribution in [0.4, 0.5) is 0 Å². The fourth-order valence-electron chi connectivity index (χ4n) is 9.71. The molecule has 1 heterocycles. The molecule has 0 N–H and O–H groups in total. The maximum absolute atomic E-state index is 12.0. The molecule has 1 aromatic carbocycles. The second kappa shape index (κ2) is 8.07. The first-order valence-corrected chi connectivity index (χ1v) is 13.9. The van der Waals surface area contributed by atoms with E-state index in [1.54, 1.807) is 12.5 Å². The van der Waals surface area contributed by atoms with Gasteiger partial charge in [-0.15, -0.1) is 0 Å². The largest absolute Gasteiger partial charge is 0.343 e. The van der Waals surface area contributed by atoms with Crippen molar-refractivity contribution in [1.29, 1.82) is 0 Å². The Morgan fingerprint density at radius 3 is 2.56 bits per heavy atom. The molecule has 34 heavy (non-hydrogen) atoms. The molecule has 6 rings (SSSR count). The van der Waals surface area contributed by atoms with Crippen LogP contribution < -0.4 is 0 Å². The first kappa shape index (κ1) is 22.6. The third kappa shape index (κ3) is 3.28. The van der Waals surface area contributed by atoms with Crippen molar-refractivity contribution in [3.05, 3.63) is 42.2 Å². The van der Waals surface area contributed by atoms with Crippen LogP contribution in [0.15, 0.2) is 36.7 Å². The van der Waals surface area contributed by atoms with Crippen LogP contribution in [0, 0.1) is 34.5 Å². The smallest absolute Gasteiger partial charge is 0.219 e. The van der Waals surface area contributed by atoms with E-state index in [1.807, 2.05) is 24.3 Å². The van der Waals surface area contributed by atoms with Gasteiger partial charge in [-0.25, -0.2) is 0 Å². The van der Waals surface area contributed by atoms with E-state index >= 15 is 0 Å². The predicted octanol–water partition coefficient (Wildman–Crippen LogP) is 7.21. The van der Waals surface area contributed by atoms with Crippen LogP contribution in [-0.2, 0) is 4.79 Å². The van der Waals surface area contributed by atoms with Crippen LogP contribution in [-0.4, -0.2) is 28.9 Å². The lowest BCUT2D eigenvalue weighted by molar-refractivity contribution is -0.137. The quantitative estimate of drug-likeness (QED) is 0.476.